The molecule has 0 spiro atoms. The Labute approximate surface area is 112 Å². The molecule has 0 amide bonds. The molecule has 0 fully saturated rings. The summed E-state index contributed by atoms with van der Waals surface area (Å²) in [6, 6.07) is 0. The van der Waals surface area contributed by atoms with E-state index in [9.17, 15) is 4.79 Å². The fraction of sp³-hybridized carbons (Fsp3) is 0.900. The van der Waals surface area contributed by atoms with E-state index in [2.05, 4.69) is 0 Å². The first-order chi connectivity index (χ1) is 7.45. The lowest BCUT2D eigenvalue weighted by atomic mass is 10.1. The molecule has 0 rings (SSSR count). The lowest BCUT2D eigenvalue weighted by Crippen LogP contribution is -2.17. The van der Waals surface area contributed by atoms with Crippen LogP contribution in [0.1, 0.15) is 38.5 Å². The van der Waals surface area contributed by atoms with Crippen LogP contribution in [-0.4, -0.2) is 22.9 Å². The van der Waals surface area contributed by atoms with Gasteiger partial charge in [0.2, 0.25) is 3.79 Å². The first-order valence-corrected chi connectivity index (χ1v) is 6.51. The van der Waals surface area contributed by atoms with Crippen molar-refractivity contribution in [2.75, 3.05) is 13.2 Å². The van der Waals surface area contributed by atoms with Crippen LogP contribution in [-0.2, 0) is 9.53 Å². The van der Waals surface area contributed by atoms with Crippen molar-refractivity contribution in [2.45, 2.75) is 42.3 Å². The van der Waals surface area contributed by atoms with E-state index in [1.165, 1.54) is 0 Å². The van der Waals surface area contributed by atoms with E-state index in [-0.39, 0.29) is 12.6 Å². The number of carbonyl (C=O) groups excluding carboxylic acids is 1. The van der Waals surface area contributed by atoms with Crippen LogP contribution < -0.4 is 5.73 Å². The lowest BCUT2D eigenvalue weighted by Gasteiger charge is -2.10. The number of esters is 1. The Balaban J connectivity index is 3.31. The molecule has 0 unspecified atom stereocenters. The van der Waals surface area contributed by atoms with E-state index in [0.717, 1.165) is 38.6 Å². The molecular weight excluding hydrogens is 272 g/mol. The number of hydrogen-bond donors (Lipinski definition) is 1. The van der Waals surface area contributed by atoms with Gasteiger partial charge in [0, 0.05) is 6.42 Å². The van der Waals surface area contributed by atoms with Crippen molar-refractivity contribution in [2.24, 2.45) is 5.73 Å². The molecule has 96 valence electrons. The molecule has 0 heterocycles. The summed E-state index contributed by atoms with van der Waals surface area (Å²) in [6.45, 7) is 0.537. The number of carbonyl (C=O) groups is 1. The fourth-order valence-corrected chi connectivity index (χ4v) is 1.34. The van der Waals surface area contributed by atoms with Crippen molar-refractivity contribution < 1.29 is 9.53 Å². The quantitative estimate of drug-likeness (QED) is 0.424. The van der Waals surface area contributed by atoms with E-state index < -0.39 is 3.79 Å². The third-order valence-electron chi connectivity index (χ3n) is 1.98. The number of halogens is 3. The number of nitrogens with two attached hydrogens (primary N) is 1. The summed E-state index contributed by atoms with van der Waals surface area (Å²) in [5, 5.41) is 0. The molecule has 0 aromatic carbocycles. The highest BCUT2D eigenvalue weighted by atomic mass is 35.6. The average Bonchev–Trinajstić information content (AvgIpc) is 2.19. The summed E-state index contributed by atoms with van der Waals surface area (Å²) >= 11 is 16.3. The van der Waals surface area contributed by atoms with Crippen molar-refractivity contribution in [1.29, 1.82) is 0 Å². The van der Waals surface area contributed by atoms with Gasteiger partial charge in [0.25, 0.3) is 0 Å². The van der Waals surface area contributed by atoms with Crippen molar-refractivity contribution in [3.8, 4) is 0 Å². The first kappa shape index (κ1) is 16.3. The van der Waals surface area contributed by atoms with Crippen LogP contribution in [0.15, 0.2) is 0 Å². The number of ether oxygens (including phenoxy) is 1. The van der Waals surface area contributed by atoms with Gasteiger partial charge in [-0.25, -0.2) is 0 Å². The molecule has 0 saturated carbocycles. The second kappa shape index (κ2) is 9.34. The molecule has 0 atom stereocenters. The maximum Gasteiger partial charge on any atom is 0.305 e. The van der Waals surface area contributed by atoms with Gasteiger partial charge < -0.3 is 10.5 Å². The normalized spacial score (nSPS) is 11.5. The Morgan fingerprint density at radius 2 is 1.62 bits per heavy atom. The second-order valence-electron chi connectivity index (χ2n) is 3.58. The van der Waals surface area contributed by atoms with E-state index in [1.807, 2.05) is 0 Å². The maximum absolute atomic E-state index is 11.2. The third kappa shape index (κ3) is 12.4. The Morgan fingerprint density at radius 1 is 1.06 bits per heavy atom. The molecular formula is C10H18Cl3NO2. The summed E-state index contributed by atoms with van der Waals surface area (Å²) in [6.07, 6.45) is 5.43. The molecule has 2 N–H and O–H groups in total. The van der Waals surface area contributed by atoms with Crippen molar-refractivity contribution in [3.63, 3.8) is 0 Å². The van der Waals surface area contributed by atoms with Crippen LogP contribution >= 0.6 is 34.8 Å². The van der Waals surface area contributed by atoms with E-state index in [4.69, 9.17) is 45.3 Å². The van der Waals surface area contributed by atoms with Gasteiger partial charge in [0.1, 0.15) is 6.61 Å². The number of alkyl halides is 3. The molecule has 0 saturated heterocycles. The van der Waals surface area contributed by atoms with Crippen LogP contribution in [0.3, 0.4) is 0 Å². The zero-order valence-corrected chi connectivity index (χ0v) is 11.5. The Bertz CT molecular complexity index is 195. The van der Waals surface area contributed by atoms with E-state index in [1.54, 1.807) is 0 Å². The lowest BCUT2D eigenvalue weighted by molar-refractivity contribution is -0.143. The highest BCUT2D eigenvalue weighted by Gasteiger charge is 2.21. The topological polar surface area (TPSA) is 52.3 Å². The number of rotatable bonds is 8. The van der Waals surface area contributed by atoms with Crippen molar-refractivity contribution >= 4 is 40.8 Å². The van der Waals surface area contributed by atoms with Crippen LogP contribution in [0.5, 0.6) is 0 Å². The van der Waals surface area contributed by atoms with Gasteiger partial charge in [-0.15, -0.1) is 0 Å². The summed E-state index contributed by atoms with van der Waals surface area (Å²) in [5.41, 5.74) is 5.36. The van der Waals surface area contributed by atoms with Gasteiger partial charge in [-0.3, -0.25) is 4.79 Å². The predicted octanol–water partition coefficient (Wildman–Crippen LogP) is 3.20. The van der Waals surface area contributed by atoms with Crippen LogP contribution in [0.25, 0.3) is 0 Å². The highest BCUT2D eigenvalue weighted by molar-refractivity contribution is 6.67. The molecule has 0 aliphatic rings. The first-order valence-electron chi connectivity index (χ1n) is 5.38. The zero-order valence-electron chi connectivity index (χ0n) is 9.18. The largest absolute Gasteiger partial charge is 0.461 e. The Kier molecular flexibility index (Phi) is 9.52. The summed E-state index contributed by atoms with van der Waals surface area (Å²) in [4.78, 5) is 11.2. The predicted molar refractivity (Wildman–Crippen MR) is 68.0 cm³/mol. The van der Waals surface area contributed by atoms with E-state index >= 15 is 0 Å². The number of hydrogen-bond acceptors (Lipinski definition) is 3. The average molecular weight is 291 g/mol. The highest BCUT2D eigenvalue weighted by Crippen LogP contribution is 2.26. The molecule has 0 radical (unpaired) electrons. The van der Waals surface area contributed by atoms with Crippen LogP contribution in [0.4, 0.5) is 0 Å². The van der Waals surface area contributed by atoms with Gasteiger partial charge in [-0.2, -0.15) is 0 Å². The zero-order chi connectivity index (χ0) is 12.4. The monoisotopic (exact) mass is 289 g/mol. The minimum absolute atomic E-state index is 0.191. The van der Waals surface area contributed by atoms with Gasteiger partial charge in [0.05, 0.1) is 0 Å². The third-order valence-corrected chi connectivity index (χ3v) is 2.31. The molecule has 0 aliphatic carbocycles. The summed E-state index contributed by atoms with van der Waals surface area (Å²) < 4.78 is 3.26. The van der Waals surface area contributed by atoms with Crippen molar-refractivity contribution in [1.82, 2.24) is 0 Å². The smallest absolute Gasteiger partial charge is 0.305 e. The molecule has 0 bridgehead atoms. The van der Waals surface area contributed by atoms with Gasteiger partial charge in [-0.1, -0.05) is 54.1 Å². The Hall–Kier alpha value is 0.300. The molecule has 0 aromatic rings. The second-order valence-corrected chi connectivity index (χ2v) is 6.10. The molecule has 3 nitrogen and oxygen atoms in total. The molecule has 16 heavy (non-hydrogen) atoms. The van der Waals surface area contributed by atoms with Crippen molar-refractivity contribution in [3.05, 3.63) is 0 Å². The summed E-state index contributed by atoms with van der Waals surface area (Å²) in [5.74, 6) is -0.315. The van der Waals surface area contributed by atoms with Gasteiger partial charge in [0.15, 0.2) is 0 Å². The standard InChI is InChI=1S/C10H18Cl3NO2/c11-10(12,13)8-16-9(15)6-4-2-1-3-5-7-14/h1-8,14H2. The van der Waals surface area contributed by atoms with Crippen LogP contribution in [0.2, 0.25) is 0 Å². The molecule has 0 aliphatic heterocycles. The molecule has 0 aromatic heterocycles. The minimum atomic E-state index is -1.52. The fourth-order valence-electron chi connectivity index (χ4n) is 1.18. The van der Waals surface area contributed by atoms with Crippen LogP contribution in [0, 0.1) is 0 Å². The summed E-state index contributed by atoms with van der Waals surface area (Å²) in [7, 11) is 0. The van der Waals surface area contributed by atoms with Gasteiger partial charge in [-0.05, 0) is 19.4 Å². The number of unbranched alkanes of at least 4 members (excludes halogenated alkanes) is 4. The minimum Gasteiger partial charge on any atom is -0.461 e. The van der Waals surface area contributed by atoms with Gasteiger partial charge >= 0.3 is 5.97 Å². The maximum atomic E-state index is 11.2. The SMILES string of the molecule is NCCCCCCCC(=O)OCC(Cl)(Cl)Cl. The van der Waals surface area contributed by atoms with E-state index in [0.29, 0.717) is 6.42 Å². The Morgan fingerprint density at radius 3 is 2.19 bits per heavy atom. The molecule has 6 heteroatoms.